The van der Waals surface area contributed by atoms with Crippen molar-refractivity contribution in [3.05, 3.63) is 60.7 Å². The normalized spacial score (nSPS) is 11.3. The Bertz CT molecular complexity index is 797. The molecule has 152 valence electrons. The van der Waals surface area contributed by atoms with Gasteiger partial charge in [0.1, 0.15) is 0 Å². The summed E-state index contributed by atoms with van der Waals surface area (Å²) in [6.45, 7) is 1.08. The molecule has 2 aromatic carbocycles. The first-order valence-corrected chi connectivity index (χ1v) is 12.0. The van der Waals surface area contributed by atoms with E-state index in [1.54, 1.807) is 42.1 Å². The summed E-state index contributed by atoms with van der Waals surface area (Å²) in [5.74, 6) is 0.940. The van der Waals surface area contributed by atoms with Crippen molar-refractivity contribution < 1.29 is 13.2 Å². The molecule has 0 atom stereocenters. The highest BCUT2D eigenvalue weighted by Gasteiger charge is 2.11. The Kier molecular flexibility index (Phi) is 10.1. The van der Waals surface area contributed by atoms with Crippen molar-refractivity contribution in [3.8, 4) is 0 Å². The summed E-state index contributed by atoms with van der Waals surface area (Å²) in [5.41, 5.74) is 0. The molecule has 0 aliphatic carbocycles. The number of amides is 1. The molecule has 0 saturated carbocycles. The topological polar surface area (TPSA) is 75.3 Å². The minimum absolute atomic E-state index is 0.0819. The van der Waals surface area contributed by atoms with E-state index in [0.717, 1.165) is 31.4 Å². The van der Waals surface area contributed by atoms with Gasteiger partial charge < -0.3 is 5.32 Å². The third-order valence-corrected chi connectivity index (χ3v) is 6.60. The largest absolute Gasteiger partial charge is 0.355 e. The number of carbonyl (C=O) groups is 1. The zero-order chi connectivity index (χ0) is 20.1. The average molecular weight is 421 g/mol. The van der Waals surface area contributed by atoms with Gasteiger partial charge in [-0.3, -0.25) is 4.79 Å². The lowest BCUT2D eigenvalue weighted by Crippen LogP contribution is -2.25. The standard InChI is InChI=1S/C21H28N2O3S2/c24-21(22-17-18-27-19-11-5-3-6-12-19)15-9-1-2-10-16-23-28(25,26)20-13-7-4-8-14-20/h3-8,11-14,23H,1-2,9-10,15-18H2,(H,22,24). The summed E-state index contributed by atoms with van der Waals surface area (Å²) >= 11 is 1.73. The van der Waals surface area contributed by atoms with E-state index in [9.17, 15) is 13.2 Å². The Morgan fingerprint density at radius 1 is 0.821 bits per heavy atom. The van der Waals surface area contributed by atoms with Gasteiger partial charge in [-0.05, 0) is 37.1 Å². The lowest BCUT2D eigenvalue weighted by atomic mass is 10.1. The Balaban J connectivity index is 1.46. The summed E-state index contributed by atoms with van der Waals surface area (Å²) in [5, 5.41) is 2.94. The maximum atomic E-state index is 12.1. The van der Waals surface area contributed by atoms with E-state index < -0.39 is 10.0 Å². The quantitative estimate of drug-likeness (QED) is 0.381. The van der Waals surface area contributed by atoms with Crippen LogP contribution in [0.1, 0.15) is 32.1 Å². The second-order valence-corrected chi connectivity index (χ2v) is 9.32. The first-order valence-electron chi connectivity index (χ1n) is 9.57. The smallest absolute Gasteiger partial charge is 0.240 e. The van der Waals surface area contributed by atoms with E-state index in [1.807, 2.05) is 18.2 Å². The second-order valence-electron chi connectivity index (χ2n) is 6.39. The molecule has 0 aliphatic rings. The lowest BCUT2D eigenvalue weighted by molar-refractivity contribution is -0.121. The van der Waals surface area contributed by atoms with Crippen LogP contribution < -0.4 is 10.0 Å². The molecule has 28 heavy (non-hydrogen) atoms. The van der Waals surface area contributed by atoms with Gasteiger partial charge in [0.2, 0.25) is 15.9 Å². The number of nitrogens with one attached hydrogen (secondary N) is 2. The molecule has 0 heterocycles. The van der Waals surface area contributed by atoms with E-state index in [-0.39, 0.29) is 10.8 Å². The summed E-state index contributed by atoms with van der Waals surface area (Å²) in [4.78, 5) is 13.3. The zero-order valence-corrected chi connectivity index (χ0v) is 17.6. The average Bonchev–Trinajstić information content (AvgIpc) is 2.72. The van der Waals surface area contributed by atoms with Gasteiger partial charge in [-0.1, -0.05) is 49.2 Å². The van der Waals surface area contributed by atoms with Gasteiger partial charge in [-0.25, -0.2) is 13.1 Å². The van der Waals surface area contributed by atoms with Crippen LogP contribution >= 0.6 is 11.8 Å². The van der Waals surface area contributed by atoms with Gasteiger partial charge in [0, 0.05) is 30.2 Å². The van der Waals surface area contributed by atoms with Crippen molar-refractivity contribution in [1.29, 1.82) is 0 Å². The number of hydrogen-bond donors (Lipinski definition) is 2. The summed E-state index contributed by atoms with van der Waals surface area (Å²) in [7, 11) is -3.42. The van der Waals surface area contributed by atoms with Crippen molar-refractivity contribution in [2.45, 2.75) is 41.9 Å². The van der Waals surface area contributed by atoms with Crippen molar-refractivity contribution in [2.24, 2.45) is 0 Å². The zero-order valence-electron chi connectivity index (χ0n) is 16.0. The number of sulfonamides is 1. The number of rotatable bonds is 13. The predicted octanol–water partition coefficient (Wildman–Crippen LogP) is 3.82. The SMILES string of the molecule is O=C(CCCCCCNS(=O)(=O)c1ccccc1)NCCSc1ccccc1. The van der Waals surface area contributed by atoms with Crippen LogP contribution in [0.4, 0.5) is 0 Å². The third kappa shape index (κ3) is 8.91. The van der Waals surface area contributed by atoms with Crippen LogP contribution in [0.5, 0.6) is 0 Å². The van der Waals surface area contributed by atoms with Gasteiger partial charge in [0.15, 0.2) is 0 Å². The molecule has 0 aliphatic heterocycles. The van der Waals surface area contributed by atoms with Crippen molar-refractivity contribution in [3.63, 3.8) is 0 Å². The summed E-state index contributed by atoms with van der Waals surface area (Å²) < 4.78 is 26.7. The van der Waals surface area contributed by atoms with Crippen LogP contribution in [-0.4, -0.2) is 33.2 Å². The van der Waals surface area contributed by atoms with E-state index in [4.69, 9.17) is 0 Å². The molecular weight excluding hydrogens is 392 g/mol. The lowest BCUT2D eigenvalue weighted by Gasteiger charge is -2.07. The van der Waals surface area contributed by atoms with Gasteiger partial charge >= 0.3 is 0 Å². The van der Waals surface area contributed by atoms with E-state index in [2.05, 4.69) is 22.2 Å². The van der Waals surface area contributed by atoms with Gasteiger partial charge in [0.25, 0.3) is 0 Å². The fourth-order valence-electron chi connectivity index (χ4n) is 2.62. The molecule has 0 unspecified atom stereocenters. The molecular formula is C21H28N2O3S2. The monoisotopic (exact) mass is 420 g/mol. The molecule has 2 aromatic rings. The Morgan fingerprint density at radius 2 is 1.46 bits per heavy atom. The number of carbonyl (C=O) groups excluding carboxylic acids is 1. The highest BCUT2D eigenvalue weighted by Crippen LogP contribution is 2.15. The molecule has 7 heteroatoms. The van der Waals surface area contributed by atoms with Gasteiger partial charge in [-0.15, -0.1) is 11.8 Å². The van der Waals surface area contributed by atoms with Gasteiger partial charge in [-0.2, -0.15) is 0 Å². The molecule has 0 bridgehead atoms. The Labute approximate surface area is 172 Å². The van der Waals surface area contributed by atoms with Gasteiger partial charge in [0.05, 0.1) is 4.90 Å². The van der Waals surface area contributed by atoms with Crippen LogP contribution in [0.15, 0.2) is 70.5 Å². The van der Waals surface area contributed by atoms with E-state index in [1.165, 1.54) is 4.90 Å². The predicted molar refractivity (Wildman–Crippen MR) is 115 cm³/mol. The maximum absolute atomic E-state index is 12.1. The van der Waals surface area contributed by atoms with Crippen LogP contribution in [0, 0.1) is 0 Å². The molecule has 0 spiro atoms. The van der Waals surface area contributed by atoms with Crippen molar-refractivity contribution in [1.82, 2.24) is 10.0 Å². The first kappa shape index (κ1) is 22.5. The Morgan fingerprint density at radius 3 is 2.18 bits per heavy atom. The molecule has 0 radical (unpaired) electrons. The minimum Gasteiger partial charge on any atom is -0.355 e. The third-order valence-electron chi connectivity index (χ3n) is 4.11. The number of benzene rings is 2. The number of unbranched alkanes of at least 4 members (excludes halogenated alkanes) is 3. The van der Waals surface area contributed by atoms with Crippen LogP contribution in [0.25, 0.3) is 0 Å². The molecule has 2 N–H and O–H groups in total. The highest BCUT2D eigenvalue weighted by molar-refractivity contribution is 7.99. The molecule has 5 nitrogen and oxygen atoms in total. The molecule has 1 amide bonds. The van der Waals surface area contributed by atoms with Crippen LogP contribution in [-0.2, 0) is 14.8 Å². The minimum atomic E-state index is -3.42. The van der Waals surface area contributed by atoms with Crippen LogP contribution in [0.3, 0.4) is 0 Å². The number of thioether (sulfide) groups is 1. The van der Waals surface area contributed by atoms with E-state index >= 15 is 0 Å². The molecule has 0 aromatic heterocycles. The van der Waals surface area contributed by atoms with Crippen LogP contribution in [0.2, 0.25) is 0 Å². The maximum Gasteiger partial charge on any atom is 0.240 e. The second kappa shape index (κ2) is 12.6. The molecule has 0 saturated heterocycles. The fourth-order valence-corrected chi connectivity index (χ4v) is 4.50. The highest BCUT2D eigenvalue weighted by atomic mass is 32.2. The summed E-state index contributed by atoms with van der Waals surface area (Å²) in [6.07, 6.45) is 3.92. The Hall–Kier alpha value is -1.83. The van der Waals surface area contributed by atoms with E-state index in [0.29, 0.717) is 19.5 Å². The van der Waals surface area contributed by atoms with Crippen molar-refractivity contribution >= 4 is 27.7 Å². The molecule has 2 rings (SSSR count). The summed E-state index contributed by atoms with van der Waals surface area (Å²) in [6, 6.07) is 18.5. The van der Waals surface area contributed by atoms with Crippen molar-refractivity contribution in [2.75, 3.05) is 18.8 Å². The number of hydrogen-bond acceptors (Lipinski definition) is 4. The molecule has 0 fully saturated rings. The first-order chi connectivity index (χ1) is 13.6. The fraction of sp³-hybridized carbons (Fsp3) is 0.381.